The molecule has 2 N–H and O–H groups in total. The number of carbonyl (C=O) groups is 2. The Balaban J connectivity index is 1.72. The third kappa shape index (κ3) is 4.17. The lowest BCUT2D eigenvalue weighted by molar-refractivity contribution is -0.139. The van der Waals surface area contributed by atoms with Gasteiger partial charge in [-0.3, -0.25) is 9.59 Å². The van der Waals surface area contributed by atoms with Gasteiger partial charge in [0.05, 0.1) is 17.6 Å². The second kappa shape index (κ2) is 5.87. The summed E-state index contributed by atoms with van der Waals surface area (Å²) in [5, 5.41) is 4.93. The highest BCUT2D eigenvalue weighted by Gasteiger charge is 2.30. The normalized spacial score (nSPS) is 29.1. The number of sulfone groups is 1. The highest BCUT2D eigenvalue weighted by molar-refractivity contribution is 7.91. The van der Waals surface area contributed by atoms with Gasteiger partial charge in [-0.25, -0.2) is 8.42 Å². The van der Waals surface area contributed by atoms with E-state index in [0.717, 1.165) is 12.8 Å². The number of hydrogen-bond acceptors (Lipinski definition) is 5. The first kappa shape index (κ1) is 14.3. The molecule has 2 amide bonds. The lowest BCUT2D eigenvalue weighted by atomic mass is 10.2. The number of ether oxygens (including phenoxy) is 1. The average molecular weight is 290 g/mol. The van der Waals surface area contributed by atoms with Crippen LogP contribution in [-0.4, -0.2) is 57.0 Å². The van der Waals surface area contributed by atoms with Crippen LogP contribution in [-0.2, 0) is 24.2 Å². The first-order valence-electron chi connectivity index (χ1n) is 6.37. The topological polar surface area (TPSA) is 102 Å². The number of rotatable bonds is 3. The molecule has 2 unspecified atom stereocenters. The Morgan fingerprint density at radius 2 is 2.00 bits per heavy atom. The second-order valence-corrected chi connectivity index (χ2v) is 7.15. The van der Waals surface area contributed by atoms with E-state index in [1.807, 2.05) is 0 Å². The van der Waals surface area contributed by atoms with Gasteiger partial charge < -0.3 is 15.4 Å². The minimum Gasteiger partial charge on any atom is -0.376 e. The quantitative estimate of drug-likeness (QED) is 0.622. The van der Waals surface area contributed by atoms with Crippen LogP contribution in [0.5, 0.6) is 0 Å². The number of nitrogens with one attached hydrogen (secondary N) is 2. The van der Waals surface area contributed by atoms with Crippen molar-refractivity contribution in [2.45, 2.75) is 31.4 Å². The fraction of sp³-hybridized carbons (Fsp3) is 0.818. The van der Waals surface area contributed by atoms with E-state index in [-0.39, 0.29) is 17.6 Å². The summed E-state index contributed by atoms with van der Waals surface area (Å²) >= 11 is 0. The predicted molar refractivity (Wildman–Crippen MR) is 67.2 cm³/mol. The van der Waals surface area contributed by atoms with Crippen LogP contribution in [0.1, 0.15) is 19.3 Å². The fourth-order valence-electron chi connectivity index (χ4n) is 2.25. The zero-order chi connectivity index (χ0) is 13.9. The summed E-state index contributed by atoms with van der Waals surface area (Å²) in [6.45, 7) is 1.00. The van der Waals surface area contributed by atoms with E-state index in [1.165, 1.54) is 0 Å². The first-order chi connectivity index (χ1) is 8.96. The number of hydrogen-bond donors (Lipinski definition) is 2. The summed E-state index contributed by atoms with van der Waals surface area (Å²) < 4.78 is 27.8. The van der Waals surface area contributed by atoms with Gasteiger partial charge in [0, 0.05) is 19.2 Å². The first-order valence-corrected chi connectivity index (χ1v) is 8.19. The van der Waals surface area contributed by atoms with Crippen LogP contribution in [0.2, 0.25) is 0 Å². The Morgan fingerprint density at radius 1 is 1.21 bits per heavy atom. The van der Waals surface area contributed by atoms with Gasteiger partial charge in [0.2, 0.25) is 0 Å². The molecule has 2 fully saturated rings. The summed E-state index contributed by atoms with van der Waals surface area (Å²) in [7, 11) is -3.06. The van der Waals surface area contributed by atoms with Gasteiger partial charge in [-0.1, -0.05) is 0 Å². The van der Waals surface area contributed by atoms with E-state index < -0.39 is 27.7 Å². The molecule has 0 aliphatic carbocycles. The molecule has 0 aromatic carbocycles. The van der Waals surface area contributed by atoms with Gasteiger partial charge in [-0.2, -0.15) is 0 Å². The Hall–Kier alpha value is -1.15. The molecule has 0 bridgehead atoms. The van der Waals surface area contributed by atoms with Crippen molar-refractivity contribution in [2.75, 3.05) is 24.7 Å². The van der Waals surface area contributed by atoms with E-state index >= 15 is 0 Å². The maximum Gasteiger partial charge on any atom is 0.309 e. The molecule has 2 aliphatic rings. The predicted octanol–water partition coefficient (Wildman–Crippen LogP) is -1.42. The van der Waals surface area contributed by atoms with E-state index in [1.54, 1.807) is 0 Å². The molecule has 2 heterocycles. The van der Waals surface area contributed by atoms with Crippen LogP contribution in [0.3, 0.4) is 0 Å². The largest absolute Gasteiger partial charge is 0.376 e. The smallest absolute Gasteiger partial charge is 0.309 e. The Kier molecular flexibility index (Phi) is 4.41. The Labute approximate surface area is 112 Å². The van der Waals surface area contributed by atoms with Gasteiger partial charge in [-0.05, 0) is 19.3 Å². The summed E-state index contributed by atoms with van der Waals surface area (Å²) in [5.41, 5.74) is 0. The zero-order valence-corrected chi connectivity index (χ0v) is 11.4. The van der Waals surface area contributed by atoms with Crippen LogP contribution in [0.4, 0.5) is 0 Å². The van der Waals surface area contributed by atoms with Crippen molar-refractivity contribution < 1.29 is 22.7 Å². The Morgan fingerprint density at radius 3 is 2.58 bits per heavy atom. The van der Waals surface area contributed by atoms with Crippen molar-refractivity contribution in [3.8, 4) is 0 Å². The van der Waals surface area contributed by atoms with E-state index in [2.05, 4.69) is 10.6 Å². The molecule has 0 aromatic rings. The maximum absolute atomic E-state index is 11.6. The van der Waals surface area contributed by atoms with Crippen LogP contribution in [0, 0.1) is 0 Å². The molecule has 19 heavy (non-hydrogen) atoms. The standard InChI is InChI=1S/C11H18N2O5S/c14-10(12-6-9-2-1-4-18-9)11(15)13-8-3-5-19(16,17)7-8/h8-9H,1-7H2,(H,12,14)(H,13,15). The van der Waals surface area contributed by atoms with E-state index in [0.29, 0.717) is 19.6 Å². The SMILES string of the molecule is O=C(NCC1CCCO1)C(=O)NC1CCS(=O)(=O)C1. The van der Waals surface area contributed by atoms with Crippen molar-refractivity contribution >= 4 is 21.7 Å². The molecule has 8 heteroatoms. The zero-order valence-electron chi connectivity index (χ0n) is 10.6. The monoisotopic (exact) mass is 290 g/mol. The van der Waals surface area contributed by atoms with Crippen molar-refractivity contribution in [2.24, 2.45) is 0 Å². The molecule has 2 aliphatic heterocycles. The van der Waals surface area contributed by atoms with Gasteiger partial charge >= 0.3 is 11.8 Å². The van der Waals surface area contributed by atoms with Crippen LogP contribution in [0.25, 0.3) is 0 Å². The van der Waals surface area contributed by atoms with Crippen molar-refractivity contribution in [1.29, 1.82) is 0 Å². The van der Waals surface area contributed by atoms with Gasteiger partial charge in [-0.15, -0.1) is 0 Å². The lowest BCUT2D eigenvalue weighted by Crippen LogP contribution is -2.46. The van der Waals surface area contributed by atoms with Gasteiger partial charge in [0.15, 0.2) is 9.84 Å². The van der Waals surface area contributed by atoms with Crippen LogP contribution >= 0.6 is 0 Å². The molecule has 108 valence electrons. The molecule has 0 aromatic heterocycles. The Bertz CT molecular complexity index is 456. The molecular weight excluding hydrogens is 272 g/mol. The molecule has 7 nitrogen and oxygen atoms in total. The minimum atomic E-state index is -3.06. The third-order valence-corrected chi connectivity index (χ3v) is 5.06. The van der Waals surface area contributed by atoms with E-state index in [9.17, 15) is 18.0 Å². The number of carbonyl (C=O) groups excluding carboxylic acids is 2. The minimum absolute atomic E-state index is 0.0244. The molecule has 0 radical (unpaired) electrons. The molecule has 0 saturated carbocycles. The highest BCUT2D eigenvalue weighted by Crippen LogP contribution is 2.11. The fourth-order valence-corrected chi connectivity index (χ4v) is 3.93. The number of amides is 2. The molecular formula is C11H18N2O5S. The van der Waals surface area contributed by atoms with Crippen LogP contribution in [0.15, 0.2) is 0 Å². The third-order valence-electron chi connectivity index (χ3n) is 3.29. The average Bonchev–Trinajstić information content (AvgIpc) is 2.95. The maximum atomic E-state index is 11.6. The highest BCUT2D eigenvalue weighted by atomic mass is 32.2. The van der Waals surface area contributed by atoms with Crippen LogP contribution < -0.4 is 10.6 Å². The van der Waals surface area contributed by atoms with Crippen molar-refractivity contribution in [3.05, 3.63) is 0 Å². The summed E-state index contributed by atoms with van der Waals surface area (Å²) in [6.07, 6.45) is 2.19. The summed E-state index contributed by atoms with van der Waals surface area (Å²) in [4.78, 5) is 23.1. The second-order valence-electron chi connectivity index (χ2n) is 4.92. The summed E-state index contributed by atoms with van der Waals surface area (Å²) in [5.74, 6) is -1.53. The van der Waals surface area contributed by atoms with Crippen molar-refractivity contribution in [1.82, 2.24) is 10.6 Å². The summed E-state index contributed by atoms with van der Waals surface area (Å²) in [6, 6.07) is -0.453. The van der Waals surface area contributed by atoms with Gasteiger partial charge in [0.1, 0.15) is 0 Å². The van der Waals surface area contributed by atoms with E-state index in [4.69, 9.17) is 4.74 Å². The molecule has 2 saturated heterocycles. The van der Waals surface area contributed by atoms with Crippen molar-refractivity contribution in [3.63, 3.8) is 0 Å². The molecule has 2 atom stereocenters. The molecule has 0 spiro atoms. The molecule has 2 rings (SSSR count). The lowest BCUT2D eigenvalue weighted by Gasteiger charge is -2.12. The van der Waals surface area contributed by atoms with Gasteiger partial charge in [0.25, 0.3) is 0 Å².